The van der Waals surface area contributed by atoms with Crippen LogP contribution in [0.2, 0.25) is 0 Å². The van der Waals surface area contributed by atoms with Gasteiger partial charge in [-0.05, 0) is 14.1 Å². The van der Waals surface area contributed by atoms with Crippen LogP contribution in [0.5, 0.6) is 0 Å². The van der Waals surface area contributed by atoms with Crippen LogP contribution in [0, 0.1) is 0 Å². The molecule has 0 aliphatic carbocycles. The van der Waals surface area contributed by atoms with E-state index in [1.807, 2.05) is 0 Å². The Morgan fingerprint density at radius 2 is 2.20 bits per heavy atom. The van der Waals surface area contributed by atoms with Gasteiger partial charge in [-0.3, -0.25) is 4.72 Å². The van der Waals surface area contributed by atoms with Gasteiger partial charge in [0.25, 0.3) is 0 Å². The van der Waals surface area contributed by atoms with Crippen molar-refractivity contribution in [3.63, 3.8) is 0 Å². The smallest absolute Gasteiger partial charge is 0.0206 e. The summed E-state index contributed by atoms with van der Waals surface area (Å²) in [5.41, 5.74) is 0. The standard InChI is InChI=1S/C6H16N2S2/c1-8(2)4-6-10-7-3-5-9/h7,9H,3-6H2,1-2H3. The molecule has 10 heavy (non-hydrogen) atoms. The first-order chi connectivity index (χ1) is 4.77. The molecule has 2 nitrogen and oxygen atoms in total. The molecule has 62 valence electrons. The molecule has 0 unspecified atom stereocenters. The maximum atomic E-state index is 4.08. The Labute approximate surface area is 73.3 Å². The van der Waals surface area contributed by atoms with Crippen LogP contribution in [0.4, 0.5) is 0 Å². The second-order valence-electron chi connectivity index (χ2n) is 2.27. The first-order valence-corrected chi connectivity index (χ1v) is 4.99. The molecule has 0 rings (SSSR count). The van der Waals surface area contributed by atoms with E-state index in [1.165, 1.54) is 0 Å². The zero-order chi connectivity index (χ0) is 7.82. The fourth-order valence-electron chi connectivity index (χ4n) is 0.418. The van der Waals surface area contributed by atoms with Crippen molar-refractivity contribution < 1.29 is 0 Å². The highest BCUT2D eigenvalue weighted by molar-refractivity contribution is 7.97. The van der Waals surface area contributed by atoms with Gasteiger partial charge >= 0.3 is 0 Å². The van der Waals surface area contributed by atoms with Gasteiger partial charge in [-0.2, -0.15) is 12.6 Å². The molecule has 0 aliphatic rings. The summed E-state index contributed by atoms with van der Waals surface area (Å²) in [4.78, 5) is 2.18. The van der Waals surface area contributed by atoms with E-state index in [0.29, 0.717) is 0 Å². The predicted molar refractivity (Wildman–Crippen MR) is 52.9 cm³/mol. The lowest BCUT2D eigenvalue weighted by molar-refractivity contribution is 0.437. The molecule has 0 aromatic carbocycles. The van der Waals surface area contributed by atoms with Gasteiger partial charge in [0.05, 0.1) is 0 Å². The van der Waals surface area contributed by atoms with Crippen molar-refractivity contribution in [1.82, 2.24) is 9.62 Å². The first kappa shape index (κ1) is 10.6. The lowest BCUT2D eigenvalue weighted by Gasteiger charge is -2.08. The lowest BCUT2D eigenvalue weighted by Crippen LogP contribution is -2.17. The average Bonchev–Trinajstić information content (AvgIpc) is 1.87. The second-order valence-corrected chi connectivity index (χ2v) is 3.70. The molecule has 0 aromatic heterocycles. The van der Waals surface area contributed by atoms with Crippen LogP contribution in [0.1, 0.15) is 0 Å². The van der Waals surface area contributed by atoms with Crippen LogP contribution in [-0.2, 0) is 0 Å². The topological polar surface area (TPSA) is 15.3 Å². The Hall–Kier alpha value is 0.620. The Morgan fingerprint density at radius 1 is 1.50 bits per heavy atom. The maximum absolute atomic E-state index is 4.08. The SMILES string of the molecule is CN(C)CCSNCCS. The summed E-state index contributed by atoms with van der Waals surface area (Å²) in [5, 5.41) is 0. The largest absolute Gasteiger partial charge is 0.309 e. The van der Waals surface area contributed by atoms with E-state index in [1.54, 1.807) is 11.9 Å². The van der Waals surface area contributed by atoms with Crippen molar-refractivity contribution >= 4 is 24.6 Å². The van der Waals surface area contributed by atoms with Gasteiger partial charge in [0, 0.05) is 24.6 Å². The molecule has 0 atom stereocenters. The molecule has 0 heterocycles. The molecule has 1 N–H and O–H groups in total. The van der Waals surface area contributed by atoms with Crippen molar-refractivity contribution in [2.75, 3.05) is 38.7 Å². The summed E-state index contributed by atoms with van der Waals surface area (Å²) in [7, 11) is 4.17. The summed E-state index contributed by atoms with van der Waals surface area (Å²) >= 11 is 5.84. The molecule has 4 heteroatoms. The number of rotatable bonds is 6. The molecule has 0 amide bonds. The Bertz CT molecular complexity index is 68.8. The molecule has 0 saturated carbocycles. The van der Waals surface area contributed by atoms with E-state index in [0.717, 1.165) is 24.6 Å². The molecule has 0 saturated heterocycles. The van der Waals surface area contributed by atoms with Gasteiger partial charge in [0.1, 0.15) is 0 Å². The number of nitrogens with one attached hydrogen (secondary N) is 1. The van der Waals surface area contributed by atoms with Crippen molar-refractivity contribution in [2.45, 2.75) is 0 Å². The molecule has 0 aliphatic heterocycles. The van der Waals surface area contributed by atoms with Gasteiger partial charge < -0.3 is 4.90 Å². The number of nitrogens with zero attached hydrogens (tertiary/aromatic N) is 1. The Morgan fingerprint density at radius 3 is 2.70 bits per heavy atom. The minimum Gasteiger partial charge on any atom is -0.309 e. The number of thiol groups is 1. The van der Waals surface area contributed by atoms with Gasteiger partial charge in [-0.1, -0.05) is 11.9 Å². The van der Waals surface area contributed by atoms with Crippen LogP contribution in [-0.4, -0.2) is 43.6 Å². The average molecular weight is 180 g/mol. The zero-order valence-corrected chi connectivity index (χ0v) is 8.34. The number of hydrogen-bond donors (Lipinski definition) is 2. The van der Waals surface area contributed by atoms with E-state index in [9.17, 15) is 0 Å². The fourth-order valence-corrected chi connectivity index (χ4v) is 1.53. The molecule has 0 bridgehead atoms. The quantitative estimate of drug-likeness (QED) is 0.356. The van der Waals surface area contributed by atoms with E-state index < -0.39 is 0 Å². The minimum atomic E-state index is 0.912. The third-order valence-electron chi connectivity index (χ3n) is 0.956. The summed E-state index contributed by atoms with van der Waals surface area (Å²) in [6.07, 6.45) is 0. The summed E-state index contributed by atoms with van der Waals surface area (Å²) < 4.78 is 3.20. The van der Waals surface area contributed by atoms with Crippen LogP contribution in [0.25, 0.3) is 0 Å². The second kappa shape index (κ2) is 7.72. The lowest BCUT2D eigenvalue weighted by atomic mass is 10.7. The molecule has 0 radical (unpaired) electrons. The van der Waals surface area contributed by atoms with Crippen LogP contribution < -0.4 is 4.72 Å². The van der Waals surface area contributed by atoms with Crippen LogP contribution in [0.15, 0.2) is 0 Å². The van der Waals surface area contributed by atoms with Gasteiger partial charge in [-0.15, -0.1) is 0 Å². The van der Waals surface area contributed by atoms with E-state index in [-0.39, 0.29) is 0 Å². The van der Waals surface area contributed by atoms with Crippen LogP contribution in [0.3, 0.4) is 0 Å². The summed E-state index contributed by atoms with van der Waals surface area (Å²) in [6, 6.07) is 0. The van der Waals surface area contributed by atoms with Crippen molar-refractivity contribution in [3.05, 3.63) is 0 Å². The first-order valence-electron chi connectivity index (χ1n) is 3.37. The van der Waals surface area contributed by atoms with Crippen LogP contribution >= 0.6 is 24.6 Å². The van der Waals surface area contributed by atoms with E-state index in [4.69, 9.17) is 0 Å². The highest BCUT2D eigenvalue weighted by Gasteiger charge is 1.89. The highest BCUT2D eigenvalue weighted by atomic mass is 32.2. The van der Waals surface area contributed by atoms with E-state index in [2.05, 4.69) is 36.3 Å². The summed E-state index contributed by atoms with van der Waals surface area (Å²) in [6.45, 7) is 2.12. The predicted octanol–water partition coefficient (Wildman–Crippen LogP) is 0.716. The third kappa shape index (κ3) is 8.62. The maximum Gasteiger partial charge on any atom is 0.0206 e. The number of hydrogen-bond acceptors (Lipinski definition) is 4. The molecular formula is C6H16N2S2. The minimum absolute atomic E-state index is 0.912. The third-order valence-corrected chi connectivity index (χ3v) is 1.98. The van der Waals surface area contributed by atoms with Gasteiger partial charge in [0.15, 0.2) is 0 Å². The van der Waals surface area contributed by atoms with Crippen molar-refractivity contribution in [2.24, 2.45) is 0 Å². The fraction of sp³-hybridized carbons (Fsp3) is 1.00. The monoisotopic (exact) mass is 180 g/mol. The molecule has 0 aromatic rings. The highest BCUT2D eigenvalue weighted by Crippen LogP contribution is 1.92. The summed E-state index contributed by atoms with van der Waals surface area (Å²) in [5.74, 6) is 2.05. The molecule has 0 spiro atoms. The van der Waals surface area contributed by atoms with Crippen molar-refractivity contribution in [3.8, 4) is 0 Å². The zero-order valence-electron chi connectivity index (χ0n) is 6.63. The molecular weight excluding hydrogens is 164 g/mol. The Kier molecular flexibility index (Phi) is 8.20. The van der Waals surface area contributed by atoms with Gasteiger partial charge in [0.2, 0.25) is 0 Å². The van der Waals surface area contributed by atoms with E-state index >= 15 is 0 Å². The Balaban J connectivity index is 2.77. The molecule has 0 fully saturated rings. The van der Waals surface area contributed by atoms with Crippen molar-refractivity contribution in [1.29, 1.82) is 0 Å². The normalized spacial score (nSPS) is 10.8. The van der Waals surface area contributed by atoms with Gasteiger partial charge in [-0.25, -0.2) is 0 Å².